The maximum Gasteiger partial charge on any atom is 0.405 e. The fourth-order valence-corrected chi connectivity index (χ4v) is 2.98. The molecule has 2 heterocycles. The van der Waals surface area contributed by atoms with Gasteiger partial charge in [-0.05, 0) is 11.4 Å². The number of hydrogen-bond acceptors (Lipinski definition) is 7. The van der Waals surface area contributed by atoms with Crippen LogP contribution in [0.15, 0.2) is 22.2 Å². The summed E-state index contributed by atoms with van der Waals surface area (Å²) in [5.41, 5.74) is 0.827. The molecule has 134 valence electrons. The number of thiazole rings is 1. The quantitative estimate of drug-likeness (QED) is 0.761. The summed E-state index contributed by atoms with van der Waals surface area (Å²) in [4.78, 5) is 38.2. The summed E-state index contributed by atoms with van der Waals surface area (Å²) < 4.78 is 40.4. The van der Waals surface area contributed by atoms with Gasteiger partial charge in [-0.3, -0.25) is 10.1 Å². The summed E-state index contributed by atoms with van der Waals surface area (Å²) in [6.45, 7) is -2.42. The molecule has 2 rings (SSSR count). The van der Waals surface area contributed by atoms with E-state index >= 15 is 0 Å². The summed E-state index contributed by atoms with van der Waals surface area (Å²) in [6, 6.07) is 0.484. The van der Waals surface area contributed by atoms with Crippen molar-refractivity contribution < 1.29 is 32.3 Å². The number of rotatable bonds is 5. The second-order valence-corrected chi connectivity index (χ2v) is 6.11. The Labute approximate surface area is 146 Å². The van der Waals surface area contributed by atoms with Crippen LogP contribution in [0.5, 0.6) is 0 Å². The van der Waals surface area contributed by atoms with Crippen molar-refractivity contribution in [3.63, 3.8) is 0 Å². The van der Waals surface area contributed by atoms with Crippen molar-refractivity contribution in [2.45, 2.75) is 6.18 Å². The van der Waals surface area contributed by atoms with Gasteiger partial charge in [0.05, 0.1) is 0 Å². The molecular weight excluding hydrogens is 383 g/mol. The molecule has 0 unspecified atom stereocenters. The Hall–Kier alpha value is -2.47. The first-order chi connectivity index (χ1) is 11.7. The van der Waals surface area contributed by atoms with Crippen LogP contribution in [-0.2, 0) is 9.53 Å². The molecule has 0 radical (unpaired) electrons. The molecule has 12 heteroatoms. The molecule has 2 aromatic rings. The second-order valence-electron chi connectivity index (χ2n) is 4.47. The van der Waals surface area contributed by atoms with Gasteiger partial charge >= 0.3 is 18.2 Å². The van der Waals surface area contributed by atoms with Crippen LogP contribution in [0.2, 0.25) is 0 Å². The predicted molar refractivity (Wildman–Crippen MR) is 83.3 cm³/mol. The highest BCUT2D eigenvalue weighted by atomic mass is 32.1. The average Bonchev–Trinajstić information content (AvgIpc) is 3.20. The molecule has 0 atom stereocenters. The average molecular weight is 393 g/mol. The van der Waals surface area contributed by atoms with E-state index in [9.17, 15) is 27.6 Å². The molecule has 2 aromatic heterocycles. The van der Waals surface area contributed by atoms with Gasteiger partial charge in [-0.15, -0.1) is 11.3 Å². The molecule has 0 aliphatic carbocycles. The van der Waals surface area contributed by atoms with Gasteiger partial charge in [0.15, 0.2) is 12.3 Å². The zero-order chi connectivity index (χ0) is 18.4. The van der Waals surface area contributed by atoms with Gasteiger partial charge in [0.1, 0.15) is 11.6 Å². The summed E-state index contributed by atoms with van der Waals surface area (Å²) in [6.07, 6.45) is -4.60. The first kappa shape index (κ1) is 18.9. The third-order valence-electron chi connectivity index (χ3n) is 2.52. The molecule has 2 N–H and O–H groups in total. The van der Waals surface area contributed by atoms with Gasteiger partial charge in [0.25, 0.3) is 5.91 Å². The highest BCUT2D eigenvalue weighted by molar-refractivity contribution is 7.14. The van der Waals surface area contributed by atoms with E-state index in [1.807, 2.05) is 16.8 Å². The van der Waals surface area contributed by atoms with Crippen molar-refractivity contribution in [3.8, 4) is 10.6 Å². The van der Waals surface area contributed by atoms with E-state index in [-0.39, 0.29) is 5.69 Å². The van der Waals surface area contributed by atoms with Gasteiger partial charge in [-0.2, -0.15) is 24.5 Å². The lowest BCUT2D eigenvalue weighted by molar-refractivity contribution is -0.125. The highest BCUT2D eigenvalue weighted by Crippen LogP contribution is 2.25. The van der Waals surface area contributed by atoms with Gasteiger partial charge in [0.2, 0.25) is 0 Å². The summed E-state index contributed by atoms with van der Waals surface area (Å²) in [5, 5.41) is 8.80. The van der Waals surface area contributed by atoms with Crippen LogP contribution in [0.1, 0.15) is 10.5 Å². The molecule has 0 bridgehead atoms. The van der Waals surface area contributed by atoms with Crippen LogP contribution >= 0.6 is 22.7 Å². The van der Waals surface area contributed by atoms with Crippen LogP contribution in [0.4, 0.5) is 18.0 Å². The van der Waals surface area contributed by atoms with Gasteiger partial charge in [0, 0.05) is 16.3 Å². The van der Waals surface area contributed by atoms with Crippen LogP contribution in [0.25, 0.3) is 10.6 Å². The lowest BCUT2D eigenvalue weighted by Crippen LogP contribution is -2.44. The Kier molecular flexibility index (Phi) is 6.09. The van der Waals surface area contributed by atoms with Crippen molar-refractivity contribution in [1.29, 1.82) is 0 Å². The molecule has 0 fully saturated rings. The van der Waals surface area contributed by atoms with Gasteiger partial charge in [-0.25, -0.2) is 14.6 Å². The van der Waals surface area contributed by atoms with Crippen molar-refractivity contribution in [1.82, 2.24) is 15.6 Å². The van der Waals surface area contributed by atoms with Crippen LogP contribution in [0, 0.1) is 0 Å². The number of aromatic nitrogens is 1. The number of imide groups is 1. The third kappa shape index (κ3) is 6.15. The number of urea groups is 1. The largest absolute Gasteiger partial charge is 0.451 e. The Morgan fingerprint density at radius 2 is 2.00 bits per heavy atom. The number of ether oxygens (including phenoxy) is 1. The minimum Gasteiger partial charge on any atom is -0.451 e. The Morgan fingerprint density at radius 1 is 1.24 bits per heavy atom. The second kappa shape index (κ2) is 8.07. The number of nitrogens with zero attached hydrogens (tertiary/aromatic N) is 1. The SMILES string of the molecule is O=C(COC(=O)c1csc(-c2ccsc2)n1)NC(=O)NCC(F)(F)F. The molecule has 25 heavy (non-hydrogen) atoms. The minimum absolute atomic E-state index is 0.0134. The predicted octanol–water partition coefficient (Wildman–Crippen LogP) is 2.42. The maximum atomic E-state index is 11.9. The van der Waals surface area contributed by atoms with Crippen LogP contribution < -0.4 is 10.6 Å². The number of esters is 1. The monoisotopic (exact) mass is 393 g/mol. The van der Waals surface area contributed by atoms with E-state index in [0.29, 0.717) is 5.01 Å². The maximum absolute atomic E-state index is 11.9. The molecular formula is C13H10F3N3O4S2. The number of thiophene rings is 1. The normalized spacial score (nSPS) is 11.0. The molecule has 0 saturated heterocycles. The molecule has 0 aromatic carbocycles. The van der Waals surface area contributed by atoms with E-state index < -0.39 is 37.2 Å². The zero-order valence-corrected chi connectivity index (χ0v) is 13.9. The first-order valence-electron chi connectivity index (χ1n) is 6.54. The van der Waals surface area contributed by atoms with Crippen LogP contribution in [0.3, 0.4) is 0 Å². The number of alkyl halides is 3. The van der Waals surface area contributed by atoms with Gasteiger partial charge < -0.3 is 10.1 Å². The number of carbonyl (C=O) groups is 3. The summed E-state index contributed by atoms with van der Waals surface area (Å²) >= 11 is 2.68. The van der Waals surface area contributed by atoms with Crippen LogP contribution in [-0.4, -0.2) is 42.2 Å². The van der Waals surface area contributed by atoms with Gasteiger partial charge in [-0.1, -0.05) is 0 Å². The van der Waals surface area contributed by atoms with Crippen molar-refractivity contribution >= 4 is 40.6 Å². The number of amides is 3. The fourth-order valence-electron chi connectivity index (χ4n) is 1.48. The van der Waals surface area contributed by atoms with Crippen molar-refractivity contribution in [2.24, 2.45) is 0 Å². The molecule has 0 saturated carbocycles. The molecule has 0 aliphatic heterocycles. The van der Waals surface area contributed by atoms with E-state index in [1.165, 1.54) is 33.4 Å². The Bertz CT molecular complexity index is 759. The fraction of sp³-hybridized carbons (Fsp3) is 0.231. The first-order valence-corrected chi connectivity index (χ1v) is 8.36. The molecule has 3 amide bonds. The number of nitrogens with one attached hydrogen (secondary N) is 2. The van der Waals surface area contributed by atoms with E-state index in [1.54, 1.807) is 5.32 Å². The van der Waals surface area contributed by atoms with E-state index in [0.717, 1.165) is 5.56 Å². The molecule has 0 spiro atoms. The number of carbonyl (C=O) groups excluding carboxylic acids is 3. The summed E-state index contributed by atoms with van der Waals surface area (Å²) in [5.74, 6) is -1.95. The smallest absolute Gasteiger partial charge is 0.405 e. The molecule has 0 aliphatic rings. The zero-order valence-electron chi connectivity index (χ0n) is 12.3. The highest BCUT2D eigenvalue weighted by Gasteiger charge is 2.28. The van der Waals surface area contributed by atoms with Crippen molar-refractivity contribution in [3.05, 3.63) is 27.9 Å². The minimum atomic E-state index is -4.60. The topological polar surface area (TPSA) is 97.4 Å². The van der Waals surface area contributed by atoms with Crippen molar-refractivity contribution in [2.75, 3.05) is 13.2 Å². The van der Waals surface area contributed by atoms with E-state index in [2.05, 4.69) is 9.72 Å². The lowest BCUT2D eigenvalue weighted by atomic mass is 10.3. The standard InChI is InChI=1S/C13H10F3N3O4S2/c14-13(15,16)6-17-12(22)19-9(20)3-23-11(21)8-5-25-10(18-8)7-1-2-24-4-7/h1-2,4-5H,3,6H2,(H2,17,19,20,22). The lowest BCUT2D eigenvalue weighted by Gasteiger charge is -2.09. The summed E-state index contributed by atoms with van der Waals surface area (Å²) in [7, 11) is 0. The molecule has 7 nitrogen and oxygen atoms in total. The third-order valence-corrected chi connectivity index (χ3v) is 4.09. The number of hydrogen-bond donors (Lipinski definition) is 2. The number of halogens is 3. The van der Waals surface area contributed by atoms with E-state index in [4.69, 9.17) is 0 Å². The Morgan fingerprint density at radius 3 is 2.64 bits per heavy atom. The Balaban J connectivity index is 1.78.